The minimum Gasteiger partial charge on any atom is -0.379 e. The second-order valence-corrected chi connectivity index (χ2v) is 4.05. The molecule has 2 rings (SSSR count). The maximum atomic E-state index is 11.1. The van der Waals surface area contributed by atoms with Crippen LogP contribution >= 0.6 is 0 Å². The Morgan fingerprint density at radius 2 is 2.20 bits per heavy atom. The van der Waals surface area contributed by atoms with Crippen molar-refractivity contribution in [2.75, 3.05) is 17.3 Å². The summed E-state index contributed by atoms with van der Waals surface area (Å²) in [5, 5.41) is 21.6. The molecule has 0 fully saturated rings. The molecule has 2 aromatic rings. The summed E-state index contributed by atoms with van der Waals surface area (Å²) in [5.74, 6) is 5.28. The van der Waals surface area contributed by atoms with Crippen molar-refractivity contribution < 1.29 is 4.92 Å². The topological polar surface area (TPSA) is 124 Å². The average Bonchev–Trinajstić information content (AvgIpc) is 2.96. The molecular weight excluding hydrogens is 262 g/mol. The zero-order valence-corrected chi connectivity index (χ0v) is 10.7. The van der Waals surface area contributed by atoms with Gasteiger partial charge in [0, 0.05) is 19.3 Å². The number of aryl methyl sites for hydroxylation is 1. The average molecular weight is 277 g/mol. The molecule has 0 atom stereocenters. The summed E-state index contributed by atoms with van der Waals surface area (Å²) in [7, 11) is 0. The normalized spacial score (nSPS) is 10.2. The third-order valence-corrected chi connectivity index (χ3v) is 2.73. The van der Waals surface area contributed by atoms with Crippen LogP contribution in [-0.2, 0) is 6.54 Å². The molecule has 0 aliphatic heterocycles. The summed E-state index contributed by atoms with van der Waals surface area (Å²) in [6.45, 7) is 1.27. The van der Waals surface area contributed by atoms with Crippen molar-refractivity contribution in [3.63, 3.8) is 0 Å². The molecule has 106 valence electrons. The fourth-order valence-electron chi connectivity index (χ4n) is 1.82. The standard InChI is InChI=1S/C11H15N7O2/c12-15-10-4-1-3-9(11(10)18(19)20)13-5-2-7-17-8-6-14-16-17/h1,3-4,6,8,13,15H,2,5,7,12H2. The van der Waals surface area contributed by atoms with Gasteiger partial charge in [0.25, 0.3) is 0 Å². The predicted octanol–water partition coefficient (Wildman–Crippen LogP) is 0.974. The molecule has 0 saturated carbocycles. The molecule has 0 aliphatic rings. The van der Waals surface area contributed by atoms with E-state index in [9.17, 15) is 10.1 Å². The number of benzene rings is 1. The van der Waals surface area contributed by atoms with Gasteiger partial charge in [0.15, 0.2) is 0 Å². The first-order valence-electron chi connectivity index (χ1n) is 6.04. The largest absolute Gasteiger partial charge is 0.379 e. The predicted molar refractivity (Wildman–Crippen MR) is 74.0 cm³/mol. The van der Waals surface area contributed by atoms with Gasteiger partial charge < -0.3 is 10.7 Å². The molecule has 9 heteroatoms. The number of rotatable bonds is 7. The number of para-hydroxylation sites is 1. The molecule has 0 saturated heterocycles. The first-order valence-corrected chi connectivity index (χ1v) is 6.04. The number of nitrogens with one attached hydrogen (secondary N) is 2. The number of hydrazine groups is 1. The van der Waals surface area contributed by atoms with Crippen LogP contribution in [0.1, 0.15) is 6.42 Å². The van der Waals surface area contributed by atoms with Crippen LogP contribution < -0.4 is 16.6 Å². The van der Waals surface area contributed by atoms with E-state index < -0.39 is 4.92 Å². The first kappa shape index (κ1) is 13.7. The number of nitrogens with two attached hydrogens (primary N) is 1. The lowest BCUT2D eigenvalue weighted by Crippen LogP contribution is -2.12. The lowest BCUT2D eigenvalue weighted by Gasteiger charge is -2.09. The zero-order valence-electron chi connectivity index (χ0n) is 10.7. The Balaban J connectivity index is 1.96. The zero-order chi connectivity index (χ0) is 14.4. The summed E-state index contributed by atoms with van der Waals surface area (Å²) in [4.78, 5) is 10.6. The molecule has 0 radical (unpaired) electrons. The summed E-state index contributed by atoms with van der Waals surface area (Å²) in [5.41, 5.74) is 2.98. The van der Waals surface area contributed by atoms with Crippen molar-refractivity contribution in [1.82, 2.24) is 15.0 Å². The van der Waals surface area contributed by atoms with E-state index in [1.54, 1.807) is 35.3 Å². The van der Waals surface area contributed by atoms with Crippen LogP contribution in [-0.4, -0.2) is 26.5 Å². The SMILES string of the molecule is NNc1cccc(NCCCn2ccnn2)c1[N+](=O)[O-]. The van der Waals surface area contributed by atoms with E-state index in [-0.39, 0.29) is 11.4 Å². The number of nitrogen functional groups attached to an aromatic ring is 1. The highest BCUT2D eigenvalue weighted by Gasteiger charge is 2.18. The van der Waals surface area contributed by atoms with Crippen LogP contribution in [0.5, 0.6) is 0 Å². The number of nitrogens with zero attached hydrogens (tertiary/aromatic N) is 4. The second kappa shape index (κ2) is 6.48. The second-order valence-electron chi connectivity index (χ2n) is 4.05. The molecule has 9 nitrogen and oxygen atoms in total. The Hall–Kier alpha value is -2.68. The van der Waals surface area contributed by atoms with Gasteiger partial charge in [0.05, 0.1) is 11.1 Å². The molecular formula is C11H15N7O2. The molecule has 0 spiro atoms. The smallest absolute Gasteiger partial charge is 0.316 e. The van der Waals surface area contributed by atoms with E-state index in [2.05, 4.69) is 21.1 Å². The third-order valence-electron chi connectivity index (χ3n) is 2.73. The van der Waals surface area contributed by atoms with Crippen molar-refractivity contribution in [3.05, 3.63) is 40.7 Å². The van der Waals surface area contributed by atoms with Crippen LogP contribution in [0, 0.1) is 10.1 Å². The van der Waals surface area contributed by atoms with Gasteiger partial charge in [0.2, 0.25) is 0 Å². The summed E-state index contributed by atoms with van der Waals surface area (Å²) in [6, 6.07) is 4.90. The van der Waals surface area contributed by atoms with Gasteiger partial charge in [-0.05, 0) is 18.6 Å². The summed E-state index contributed by atoms with van der Waals surface area (Å²) in [6.07, 6.45) is 4.14. The molecule has 1 aromatic carbocycles. The van der Waals surface area contributed by atoms with Gasteiger partial charge in [-0.25, -0.2) is 0 Å². The number of nitro benzene ring substituents is 1. The van der Waals surface area contributed by atoms with Gasteiger partial charge in [-0.2, -0.15) is 0 Å². The Kier molecular flexibility index (Phi) is 4.45. The van der Waals surface area contributed by atoms with Gasteiger partial charge in [0.1, 0.15) is 11.4 Å². The van der Waals surface area contributed by atoms with Crippen LogP contribution in [0.15, 0.2) is 30.6 Å². The Morgan fingerprint density at radius 1 is 1.40 bits per heavy atom. The van der Waals surface area contributed by atoms with Crippen LogP contribution in [0.2, 0.25) is 0 Å². The highest BCUT2D eigenvalue weighted by molar-refractivity contribution is 5.75. The lowest BCUT2D eigenvalue weighted by atomic mass is 10.2. The Morgan fingerprint density at radius 3 is 2.85 bits per heavy atom. The molecule has 1 heterocycles. The van der Waals surface area contributed by atoms with E-state index in [4.69, 9.17) is 5.84 Å². The molecule has 1 aromatic heterocycles. The third kappa shape index (κ3) is 3.20. The van der Waals surface area contributed by atoms with Crippen LogP contribution in [0.4, 0.5) is 17.1 Å². The fraction of sp³-hybridized carbons (Fsp3) is 0.273. The van der Waals surface area contributed by atoms with Crippen molar-refractivity contribution in [2.24, 2.45) is 5.84 Å². The number of anilines is 2. The van der Waals surface area contributed by atoms with Crippen molar-refractivity contribution >= 4 is 17.1 Å². The maximum absolute atomic E-state index is 11.1. The summed E-state index contributed by atoms with van der Waals surface area (Å²) < 4.78 is 1.70. The molecule has 20 heavy (non-hydrogen) atoms. The van der Waals surface area contributed by atoms with E-state index in [1.165, 1.54) is 0 Å². The van der Waals surface area contributed by atoms with E-state index in [0.29, 0.717) is 18.8 Å². The molecule has 0 unspecified atom stereocenters. The fourth-order valence-corrected chi connectivity index (χ4v) is 1.82. The molecule has 4 N–H and O–H groups in total. The summed E-state index contributed by atoms with van der Waals surface area (Å²) >= 11 is 0. The molecule has 0 bridgehead atoms. The lowest BCUT2D eigenvalue weighted by molar-refractivity contribution is -0.383. The maximum Gasteiger partial charge on any atom is 0.316 e. The van der Waals surface area contributed by atoms with Crippen molar-refractivity contribution in [3.8, 4) is 0 Å². The number of hydrogen-bond donors (Lipinski definition) is 3. The first-order chi connectivity index (χ1) is 9.72. The van der Waals surface area contributed by atoms with E-state index in [0.717, 1.165) is 6.42 Å². The van der Waals surface area contributed by atoms with Gasteiger partial charge in [-0.3, -0.25) is 20.6 Å². The van der Waals surface area contributed by atoms with E-state index in [1.807, 2.05) is 0 Å². The van der Waals surface area contributed by atoms with Crippen LogP contribution in [0.25, 0.3) is 0 Å². The minimum absolute atomic E-state index is 0.0595. The molecule has 0 aliphatic carbocycles. The number of hydrogen-bond acceptors (Lipinski definition) is 7. The van der Waals surface area contributed by atoms with Gasteiger partial charge in [-0.1, -0.05) is 11.3 Å². The van der Waals surface area contributed by atoms with Crippen molar-refractivity contribution in [2.45, 2.75) is 13.0 Å². The minimum atomic E-state index is -0.463. The highest BCUT2D eigenvalue weighted by atomic mass is 16.6. The van der Waals surface area contributed by atoms with Gasteiger partial charge in [-0.15, -0.1) is 5.10 Å². The van der Waals surface area contributed by atoms with E-state index >= 15 is 0 Å². The van der Waals surface area contributed by atoms with Crippen LogP contribution in [0.3, 0.4) is 0 Å². The molecule has 0 amide bonds. The highest BCUT2D eigenvalue weighted by Crippen LogP contribution is 2.31. The number of nitro groups is 1. The monoisotopic (exact) mass is 277 g/mol. The van der Waals surface area contributed by atoms with Gasteiger partial charge >= 0.3 is 5.69 Å². The Bertz CT molecular complexity index is 570. The quantitative estimate of drug-likeness (QED) is 0.298. The van der Waals surface area contributed by atoms with Crippen molar-refractivity contribution in [1.29, 1.82) is 0 Å². The number of aromatic nitrogens is 3. The Labute approximate surface area is 114 Å².